The van der Waals surface area contributed by atoms with Gasteiger partial charge in [-0.15, -0.1) is 12.4 Å². The Morgan fingerprint density at radius 2 is 1.94 bits per heavy atom. The molecule has 0 spiro atoms. The van der Waals surface area contributed by atoms with Crippen LogP contribution in [-0.4, -0.2) is 28.1 Å². The number of sulfonamides is 1. The van der Waals surface area contributed by atoms with Gasteiger partial charge >= 0.3 is 0 Å². The van der Waals surface area contributed by atoms with E-state index >= 15 is 0 Å². The van der Waals surface area contributed by atoms with Crippen LogP contribution in [0.3, 0.4) is 0 Å². The first-order chi connectivity index (χ1) is 7.56. The Morgan fingerprint density at radius 3 is 2.53 bits per heavy atom. The fourth-order valence-corrected chi connectivity index (χ4v) is 2.45. The number of rotatable bonds is 6. The zero-order valence-electron chi connectivity index (χ0n) is 10.1. The quantitative estimate of drug-likeness (QED) is 0.772. The van der Waals surface area contributed by atoms with Crippen LogP contribution in [0.15, 0.2) is 29.2 Å². The molecule has 2 N–H and O–H groups in total. The third-order valence-electron chi connectivity index (χ3n) is 2.14. The van der Waals surface area contributed by atoms with E-state index in [0.717, 1.165) is 12.1 Å². The van der Waals surface area contributed by atoms with E-state index in [0.29, 0.717) is 18.0 Å². The molecule has 17 heavy (non-hydrogen) atoms. The molecule has 0 atom stereocenters. The van der Waals surface area contributed by atoms with Crippen molar-refractivity contribution in [2.45, 2.75) is 18.7 Å². The summed E-state index contributed by atoms with van der Waals surface area (Å²) < 4.78 is 26.2. The number of hydrogen-bond donors (Lipinski definition) is 2. The number of likely N-dealkylation sites (N-methyl/N-ethyl adjacent to an activating group) is 1. The maximum atomic E-state index is 11.8. The largest absolute Gasteiger partial charge is 0.316 e. The molecule has 0 unspecified atom stereocenters. The van der Waals surface area contributed by atoms with Gasteiger partial charge in [0.15, 0.2) is 0 Å². The Bertz CT molecular complexity index is 435. The summed E-state index contributed by atoms with van der Waals surface area (Å²) in [6.45, 7) is 5.74. The molecule has 0 amide bonds. The first-order valence-corrected chi connectivity index (χ1v) is 6.81. The number of halogens is 1. The van der Waals surface area contributed by atoms with E-state index in [1.807, 2.05) is 19.9 Å². The van der Waals surface area contributed by atoms with Crippen molar-refractivity contribution >= 4 is 22.4 Å². The minimum absolute atomic E-state index is 0. The van der Waals surface area contributed by atoms with Crippen LogP contribution in [0.25, 0.3) is 0 Å². The van der Waals surface area contributed by atoms with E-state index < -0.39 is 10.0 Å². The molecule has 0 heterocycles. The van der Waals surface area contributed by atoms with E-state index in [1.54, 1.807) is 18.2 Å². The summed E-state index contributed by atoms with van der Waals surface area (Å²) in [5.41, 5.74) is 0.939. The summed E-state index contributed by atoms with van der Waals surface area (Å²) >= 11 is 0. The van der Waals surface area contributed by atoms with Crippen molar-refractivity contribution in [3.8, 4) is 0 Å². The Balaban J connectivity index is 0.00000256. The zero-order chi connectivity index (χ0) is 12.0. The number of nitrogens with one attached hydrogen (secondary N) is 2. The van der Waals surface area contributed by atoms with Gasteiger partial charge in [-0.2, -0.15) is 0 Å². The van der Waals surface area contributed by atoms with Crippen LogP contribution in [0.4, 0.5) is 0 Å². The molecule has 0 aliphatic rings. The highest BCUT2D eigenvalue weighted by Gasteiger charge is 2.12. The Hall–Kier alpha value is -0.620. The second kappa shape index (κ2) is 7.66. The van der Waals surface area contributed by atoms with Crippen molar-refractivity contribution in [2.75, 3.05) is 19.6 Å². The van der Waals surface area contributed by atoms with Crippen molar-refractivity contribution in [1.29, 1.82) is 0 Å². The lowest BCUT2D eigenvalue weighted by Crippen LogP contribution is -2.31. The van der Waals surface area contributed by atoms with Crippen molar-refractivity contribution in [3.05, 3.63) is 29.8 Å². The molecule has 0 saturated heterocycles. The highest BCUT2D eigenvalue weighted by Crippen LogP contribution is 2.09. The van der Waals surface area contributed by atoms with E-state index in [2.05, 4.69) is 10.0 Å². The standard InChI is InChI=1S/C11H18N2O2S.ClH/c1-3-12-7-8-13-16(14,15)11-6-4-5-10(2)9-11;/h4-6,9,12-13H,3,7-8H2,1-2H3;1H. The average molecular weight is 279 g/mol. The fraction of sp³-hybridized carbons (Fsp3) is 0.455. The maximum Gasteiger partial charge on any atom is 0.240 e. The Kier molecular flexibility index (Phi) is 7.38. The van der Waals surface area contributed by atoms with Gasteiger partial charge < -0.3 is 5.32 Å². The highest BCUT2D eigenvalue weighted by molar-refractivity contribution is 7.89. The van der Waals surface area contributed by atoms with Gasteiger partial charge in [-0.3, -0.25) is 0 Å². The normalized spacial score (nSPS) is 10.9. The van der Waals surface area contributed by atoms with Crippen LogP contribution >= 0.6 is 12.4 Å². The fourth-order valence-electron chi connectivity index (χ4n) is 1.32. The summed E-state index contributed by atoms with van der Waals surface area (Å²) in [6.07, 6.45) is 0. The van der Waals surface area contributed by atoms with Gasteiger partial charge in [0, 0.05) is 13.1 Å². The van der Waals surface area contributed by atoms with Gasteiger partial charge in [0.25, 0.3) is 0 Å². The lowest BCUT2D eigenvalue weighted by Gasteiger charge is -2.07. The molecule has 0 saturated carbocycles. The molecular weight excluding hydrogens is 260 g/mol. The predicted octanol–water partition coefficient (Wildman–Crippen LogP) is 1.30. The molecule has 1 aromatic carbocycles. The van der Waals surface area contributed by atoms with Gasteiger partial charge in [0.05, 0.1) is 4.90 Å². The van der Waals surface area contributed by atoms with E-state index in [1.165, 1.54) is 0 Å². The van der Waals surface area contributed by atoms with Crippen LogP contribution in [0.1, 0.15) is 12.5 Å². The lowest BCUT2D eigenvalue weighted by molar-refractivity contribution is 0.577. The van der Waals surface area contributed by atoms with E-state index in [9.17, 15) is 8.42 Å². The molecule has 0 aliphatic carbocycles. The summed E-state index contributed by atoms with van der Waals surface area (Å²) in [7, 11) is -3.35. The summed E-state index contributed by atoms with van der Waals surface area (Å²) in [6, 6.07) is 6.88. The zero-order valence-corrected chi connectivity index (χ0v) is 11.7. The van der Waals surface area contributed by atoms with Crippen LogP contribution in [0, 0.1) is 6.92 Å². The average Bonchev–Trinajstić information content (AvgIpc) is 2.24. The van der Waals surface area contributed by atoms with Gasteiger partial charge in [-0.25, -0.2) is 13.1 Å². The molecular formula is C11H19ClN2O2S. The lowest BCUT2D eigenvalue weighted by atomic mass is 10.2. The minimum Gasteiger partial charge on any atom is -0.316 e. The molecule has 0 fully saturated rings. The van der Waals surface area contributed by atoms with Crippen molar-refractivity contribution in [3.63, 3.8) is 0 Å². The van der Waals surface area contributed by atoms with Crippen LogP contribution in [0.2, 0.25) is 0 Å². The van der Waals surface area contributed by atoms with Crippen molar-refractivity contribution < 1.29 is 8.42 Å². The molecule has 0 radical (unpaired) electrons. The SMILES string of the molecule is CCNCCNS(=O)(=O)c1cccc(C)c1.Cl. The second-order valence-corrected chi connectivity index (χ2v) is 5.33. The maximum absolute atomic E-state index is 11.8. The topological polar surface area (TPSA) is 58.2 Å². The van der Waals surface area contributed by atoms with Crippen LogP contribution in [-0.2, 0) is 10.0 Å². The molecule has 1 rings (SSSR count). The molecule has 4 nitrogen and oxygen atoms in total. The van der Waals surface area contributed by atoms with Crippen LogP contribution in [0.5, 0.6) is 0 Å². The molecule has 98 valence electrons. The van der Waals surface area contributed by atoms with Gasteiger partial charge in [0.1, 0.15) is 0 Å². The Morgan fingerprint density at radius 1 is 1.24 bits per heavy atom. The number of aryl methyl sites for hydroxylation is 1. The predicted molar refractivity (Wildman–Crippen MR) is 72.2 cm³/mol. The van der Waals surface area contributed by atoms with Crippen molar-refractivity contribution in [1.82, 2.24) is 10.0 Å². The monoisotopic (exact) mass is 278 g/mol. The highest BCUT2D eigenvalue weighted by atomic mass is 35.5. The molecule has 6 heteroatoms. The van der Waals surface area contributed by atoms with Gasteiger partial charge in [-0.1, -0.05) is 19.1 Å². The number of hydrogen-bond acceptors (Lipinski definition) is 3. The first-order valence-electron chi connectivity index (χ1n) is 5.33. The smallest absolute Gasteiger partial charge is 0.240 e. The Labute approximate surface area is 109 Å². The molecule has 0 aliphatic heterocycles. The third-order valence-corrected chi connectivity index (χ3v) is 3.60. The van der Waals surface area contributed by atoms with Gasteiger partial charge in [0.2, 0.25) is 10.0 Å². The number of benzene rings is 1. The minimum atomic E-state index is -3.35. The van der Waals surface area contributed by atoms with E-state index in [4.69, 9.17) is 0 Å². The van der Waals surface area contributed by atoms with Gasteiger partial charge in [-0.05, 0) is 31.2 Å². The summed E-state index contributed by atoms with van der Waals surface area (Å²) in [5.74, 6) is 0. The molecule has 0 aromatic heterocycles. The molecule has 1 aromatic rings. The second-order valence-electron chi connectivity index (χ2n) is 3.57. The molecule has 0 bridgehead atoms. The van der Waals surface area contributed by atoms with Crippen LogP contribution < -0.4 is 10.0 Å². The first kappa shape index (κ1) is 16.4. The summed E-state index contributed by atoms with van der Waals surface area (Å²) in [5, 5.41) is 3.06. The van der Waals surface area contributed by atoms with E-state index in [-0.39, 0.29) is 12.4 Å². The third kappa shape index (κ3) is 5.50. The summed E-state index contributed by atoms with van der Waals surface area (Å²) in [4.78, 5) is 0.323. The van der Waals surface area contributed by atoms with Crippen molar-refractivity contribution in [2.24, 2.45) is 0 Å².